The highest BCUT2D eigenvalue weighted by Crippen LogP contribution is 2.33. The van der Waals surface area contributed by atoms with E-state index in [2.05, 4.69) is 4.90 Å². The number of Topliss-reactive ketones (excluding diaryl/α,β-unsaturated/α-hetero) is 1. The van der Waals surface area contributed by atoms with Crippen molar-refractivity contribution in [2.45, 2.75) is 50.5 Å². The van der Waals surface area contributed by atoms with Crippen molar-refractivity contribution in [1.82, 2.24) is 4.90 Å². The molecule has 0 aromatic heterocycles. The van der Waals surface area contributed by atoms with Crippen LogP contribution in [0.3, 0.4) is 0 Å². The van der Waals surface area contributed by atoms with Gasteiger partial charge in [-0.3, -0.25) is 9.69 Å². The van der Waals surface area contributed by atoms with Gasteiger partial charge in [-0.15, -0.1) is 0 Å². The molecule has 1 aromatic rings. The van der Waals surface area contributed by atoms with E-state index < -0.39 is 0 Å². The second-order valence-corrected chi connectivity index (χ2v) is 7.00. The van der Waals surface area contributed by atoms with E-state index in [-0.39, 0.29) is 5.54 Å². The third kappa shape index (κ3) is 3.80. The first-order valence-electron chi connectivity index (χ1n) is 7.60. The van der Waals surface area contributed by atoms with Gasteiger partial charge in [-0.25, -0.2) is 0 Å². The van der Waals surface area contributed by atoms with E-state index in [4.69, 9.17) is 23.2 Å². The molecule has 1 aliphatic carbocycles. The van der Waals surface area contributed by atoms with Gasteiger partial charge in [0.05, 0.1) is 15.6 Å². The molecule has 2 rings (SSSR count). The van der Waals surface area contributed by atoms with E-state index in [0.29, 0.717) is 22.2 Å². The zero-order valence-electron chi connectivity index (χ0n) is 12.8. The Labute approximate surface area is 137 Å². The van der Waals surface area contributed by atoms with E-state index in [9.17, 15) is 4.79 Å². The lowest BCUT2D eigenvalue weighted by Crippen LogP contribution is -2.51. The van der Waals surface area contributed by atoms with Crippen molar-refractivity contribution in [2.75, 3.05) is 14.1 Å². The van der Waals surface area contributed by atoms with Gasteiger partial charge in [0.25, 0.3) is 0 Å². The van der Waals surface area contributed by atoms with Crippen LogP contribution in [0.5, 0.6) is 0 Å². The van der Waals surface area contributed by atoms with Crippen LogP contribution in [0, 0.1) is 0 Å². The van der Waals surface area contributed by atoms with Crippen molar-refractivity contribution in [1.29, 1.82) is 0 Å². The average molecular weight is 328 g/mol. The summed E-state index contributed by atoms with van der Waals surface area (Å²) in [5.41, 5.74) is 0.627. The van der Waals surface area contributed by atoms with Crippen LogP contribution in [-0.4, -0.2) is 30.3 Å². The predicted octanol–water partition coefficient (Wildman–Crippen LogP) is 4.76. The number of hydrogen-bond donors (Lipinski definition) is 0. The maximum Gasteiger partial charge on any atom is 0.157 e. The highest BCUT2D eigenvalue weighted by molar-refractivity contribution is 6.42. The maximum absolute atomic E-state index is 13.0. The van der Waals surface area contributed by atoms with Crippen LogP contribution in [0.4, 0.5) is 0 Å². The molecule has 1 aliphatic rings. The van der Waals surface area contributed by atoms with Gasteiger partial charge in [0.2, 0.25) is 0 Å². The van der Waals surface area contributed by atoms with Crippen LogP contribution < -0.4 is 0 Å². The van der Waals surface area contributed by atoms with Gasteiger partial charge in [0, 0.05) is 6.42 Å². The standard InChI is InChI=1S/C17H23Cl2NO/c1-20(2)17(9-5-3-4-6-10-17)16(21)12-13-7-8-14(18)15(19)11-13/h7-8,11H,3-6,9-10,12H2,1-2H3. The van der Waals surface area contributed by atoms with Gasteiger partial charge in [0.15, 0.2) is 5.78 Å². The fourth-order valence-electron chi connectivity index (χ4n) is 3.29. The number of ketones is 1. The Bertz CT molecular complexity index is 506. The van der Waals surface area contributed by atoms with Crippen LogP contribution in [0.2, 0.25) is 10.0 Å². The second-order valence-electron chi connectivity index (χ2n) is 6.19. The number of likely N-dealkylation sites (N-methyl/N-ethyl adjacent to an activating group) is 1. The highest BCUT2D eigenvalue weighted by atomic mass is 35.5. The molecular weight excluding hydrogens is 305 g/mol. The van der Waals surface area contributed by atoms with Gasteiger partial charge in [0.1, 0.15) is 0 Å². The van der Waals surface area contributed by atoms with Crippen molar-refractivity contribution < 1.29 is 4.79 Å². The summed E-state index contributed by atoms with van der Waals surface area (Å²) < 4.78 is 0. The quantitative estimate of drug-likeness (QED) is 0.743. The average Bonchev–Trinajstić information content (AvgIpc) is 2.69. The largest absolute Gasteiger partial charge is 0.297 e. The minimum absolute atomic E-state index is 0.299. The summed E-state index contributed by atoms with van der Waals surface area (Å²) in [4.78, 5) is 15.1. The van der Waals surface area contributed by atoms with E-state index in [0.717, 1.165) is 31.2 Å². The Kier molecular flexibility index (Phi) is 5.70. The molecule has 0 radical (unpaired) electrons. The van der Waals surface area contributed by atoms with Crippen LogP contribution >= 0.6 is 23.2 Å². The second kappa shape index (κ2) is 7.13. The number of rotatable bonds is 4. The maximum atomic E-state index is 13.0. The third-order valence-electron chi connectivity index (χ3n) is 4.65. The zero-order chi connectivity index (χ0) is 15.5. The summed E-state index contributed by atoms with van der Waals surface area (Å²) in [5, 5.41) is 1.05. The molecule has 1 saturated carbocycles. The molecule has 0 aliphatic heterocycles. The van der Waals surface area contributed by atoms with Crippen LogP contribution in [0.25, 0.3) is 0 Å². The minimum atomic E-state index is -0.317. The smallest absolute Gasteiger partial charge is 0.157 e. The summed E-state index contributed by atoms with van der Waals surface area (Å²) in [6.45, 7) is 0. The van der Waals surface area contributed by atoms with Crippen molar-refractivity contribution in [3.05, 3.63) is 33.8 Å². The number of nitrogens with zero attached hydrogens (tertiary/aromatic N) is 1. The molecule has 1 fully saturated rings. The molecule has 116 valence electrons. The van der Waals surface area contributed by atoms with Gasteiger partial charge >= 0.3 is 0 Å². The van der Waals surface area contributed by atoms with Crippen LogP contribution in [-0.2, 0) is 11.2 Å². The normalized spacial score (nSPS) is 18.5. The first-order valence-corrected chi connectivity index (χ1v) is 8.36. The van der Waals surface area contributed by atoms with Gasteiger partial charge < -0.3 is 0 Å². The first kappa shape index (κ1) is 16.8. The van der Waals surface area contributed by atoms with Crippen LogP contribution in [0.15, 0.2) is 18.2 Å². The van der Waals surface area contributed by atoms with Gasteiger partial charge in [-0.05, 0) is 44.6 Å². The summed E-state index contributed by atoms with van der Waals surface area (Å²) in [5.74, 6) is 0.299. The molecule has 2 nitrogen and oxygen atoms in total. The fourth-order valence-corrected chi connectivity index (χ4v) is 3.61. The number of hydrogen-bond acceptors (Lipinski definition) is 2. The van der Waals surface area contributed by atoms with Gasteiger partial charge in [-0.1, -0.05) is 55.0 Å². The Morgan fingerprint density at radius 2 is 1.71 bits per heavy atom. The van der Waals surface area contributed by atoms with E-state index in [1.807, 2.05) is 26.2 Å². The van der Waals surface area contributed by atoms with Crippen LogP contribution in [0.1, 0.15) is 44.1 Å². The van der Waals surface area contributed by atoms with Crippen molar-refractivity contribution in [2.24, 2.45) is 0 Å². The van der Waals surface area contributed by atoms with E-state index in [1.165, 1.54) is 12.8 Å². The Balaban J connectivity index is 2.20. The molecule has 21 heavy (non-hydrogen) atoms. The number of carbonyl (C=O) groups is 1. The Morgan fingerprint density at radius 1 is 1.10 bits per heavy atom. The van der Waals surface area contributed by atoms with Crippen molar-refractivity contribution >= 4 is 29.0 Å². The van der Waals surface area contributed by atoms with Crippen molar-refractivity contribution in [3.63, 3.8) is 0 Å². The minimum Gasteiger partial charge on any atom is -0.297 e. The SMILES string of the molecule is CN(C)C1(C(=O)Cc2ccc(Cl)c(Cl)c2)CCCCCC1. The summed E-state index contributed by atoms with van der Waals surface area (Å²) in [7, 11) is 4.05. The number of carbonyl (C=O) groups excluding carboxylic acids is 1. The molecular formula is C17H23Cl2NO. The lowest BCUT2D eigenvalue weighted by atomic mass is 9.82. The molecule has 0 unspecified atom stereocenters. The molecule has 0 atom stereocenters. The molecule has 4 heteroatoms. The molecule has 1 aromatic carbocycles. The Hall–Kier alpha value is -0.570. The first-order chi connectivity index (χ1) is 9.95. The lowest BCUT2D eigenvalue weighted by Gasteiger charge is -2.38. The van der Waals surface area contributed by atoms with E-state index >= 15 is 0 Å². The van der Waals surface area contributed by atoms with E-state index in [1.54, 1.807) is 6.07 Å². The molecule has 0 bridgehead atoms. The third-order valence-corrected chi connectivity index (χ3v) is 5.39. The monoisotopic (exact) mass is 327 g/mol. The highest BCUT2D eigenvalue weighted by Gasteiger charge is 2.39. The molecule has 0 N–H and O–H groups in total. The lowest BCUT2D eigenvalue weighted by molar-refractivity contribution is -0.130. The van der Waals surface area contributed by atoms with Gasteiger partial charge in [-0.2, -0.15) is 0 Å². The molecule has 0 saturated heterocycles. The number of benzene rings is 1. The van der Waals surface area contributed by atoms with Crippen molar-refractivity contribution in [3.8, 4) is 0 Å². The summed E-state index contributed by atoms with van der Waals surface area (Å²) >= 11 is 12.0. The molecule has 0 heterocycles. The summed E-state index contributed by atoms with van der Waals surface area (Å²) in [6, 6.07) is 5.47. The predicted molar refractivity (Wildman–Crippen MR) is 89.3 cm³/mol. The Morgan fingerprint density at radius 3 is 2.24 bits per heavy atom. The fraction of sp³-hybridized carbons (Fsp3) is 0.588. The topological polar surface area (TPSA) is 20.3 Å². The zero-order valence-corrected chi connectivity index (χ0v) is 14.3. The molecule has 0 amide bonds. The number of halogens is 2. The molecule has 0 spiro atoms. The summed E-state index contributed by atoms with van der Waals surface area (Å²) in [6.07, 6.45) is 7.07.